The monoisotopic (exact) mass is 365 g/mol. The summed E-state index contributed by atoms with van der Waals surface area (Å²) in [6, 6.07) is 10.4. The molecule has 1 saturated heterocycles. The summed E-state index contributed by atoms with van der Waals surface area (Å²) < 4.78 is 16.4. The molecule has 3 saturated carbocycles. The van der Waals surface area contributed by atoms with Crippen LogP contribution in [0, 0.1) is 17.3 Å². The van der Waals surface area contributed by atoms with Crippen molar-refractivity contribution in [1.82, 2.24) is 0 Å². The van der Waals surface area contributed by atoms with E-state index in [4.69, 9.17) is 15.0 Å². The first kappa shape index (κ1) is 19.2. The van der Waals surface area contributed by atoms with Crippen LogP contribution in [0.5, 0.6) is 0 Å². The maximum atomic E-state index is 6.43. The van der Waals surface area contributed by atoms with Crippen molar-refractivity contribution in [3.63, 3.8) is 0 Å². The molecule has 0 amide bonds. The zero-order valence-corrected chi connectivity index (χ0v) is 16.3. The second-order valence-electron chi connectivity index (χ2n) is 8.34. The molecule has 2 N–H and O–H groups in total. The van der Waals surface area contributed by atoms with Crippen molar-refractivity contribution in [2.75, 3.05) is 7.11 Å². The summed E-state index contributed by atoms with van der Waals surface area (Å²) in [5.41, 5.74) is 7.87. The normalized spacial score (nSPS) is 35.9. The fraction of sp³-hybridized carbons (Fsp3) is 0.684. The largest absolute Gasteiger partial charge is 0.475 e. The molecule has 0 radical (unpaired) electrons. The third-order valence-electron chi connectivity index (χ3n) is 6.63. The lowest BCUT2D eigenvalue weighted by molar-refractivity contribution is -0.199. The predicted molar refractivity (Wildman–Crippen MR) is 101 cm³/mol. The SMILES string of the molecule is CC1(C)C2CC1[C@]1(C)OB(C(N)Cc3ccccc3)O[C@@H]1C2.COCl. The molecule has 0 aromatic heterocycles. The van der Waals surface area contributed by atoms with E-state index in [-0.39, 0.29) is 24.8 Å². The van der Waals surface area contributed by atoms with Gasteiger partial charge in [0.2, 0.25) is 0 Å². The predicted octanol–water partition coefficient (Wildman–Crippen LogP) is 3.61. The summed E-state index contributed by atoms with van der Waals surface area (Å²) in [5.74, 6) is 1.27. The number of nitrogens with two attached hydrogens (primary N) is 1. The molecule has 0 spiro atoms. The van der Waals surface area contributed by atoms with E-state index in [2.05, 4.69) is 61.2 Å². The molecule has 2 bridgehead atoms. The van der Waals surface area contributed by atoms with E-state index in [1.165, 1.54) is 19.1 Å². The molecule has 6 heteroatoms. The number of hydrogen-bond acceptors (Lipinski definition) is 4. The Hall–Kier alpha value is -0.585. The highest BCUT2D eigenvalue weighted by atomic mass is 35.5. The minimum atomic E-state index is -0.273. The lowest BCUT2D eigenvalue weighted by Gasteiger charge is -2.64. The minimum Gasteiger partial charge on any atom is -0.404 e. The molecule has 4 fully saturated rings. The van der Waals surface area contributed by atoms with Crippen LogP contribution in [-0.4, -0.2) is 31.9 Å². The Morgan fingerprint density at radius 3 is 2.52 bits per heavy atom. The van der Waals surface area contributed by atoms with Crippen LogP contribution in [-0.2, 0) is 20.0 Å². The van der Waals surface area contributed by atoms with Crippen LogP contribution in [0.25, 0.3) is 0 Å². The Kier molecular flexibility index (Phi) is 5.53. The highest BCUT2D eigenvalue weighted by molar-refractivity contribution is 6.47. The smallest absolute Gasteiger partial charge is 0.404 e. The molecule has 138 valence electrons. The first-order valence-electron chi connectivity index (χ1n) is 9.10. The van der Waals surface area contributed by atoms with Gasteiger partial charge in [0.15, 0.2) is 0 Å². The number of hydrogen-bond donors (Lipinski definition) is 1. The van der Waals surface area contributed by atoms with Gasteiger partial charge in [-0.05, 0) is 49.0 Å². The number of halogens is 1. The molecule has 1 aromatic carbocycles. The third-order valence-corrected chi connectivity index (χ3v) is 6.63. The van der Waals surface area contributed by atoms with Crippen LogP contribution >= 0.6 is 11.9 Å². The van der Waals surface area contributed by atoms with Crippen LogP contribution in [0.1, 0.15) is 39.2 Å². The molecule has 1 aromatic rings. The Morgan fingerprint density at radius 2 is 1.92 bits per heavy atom. The van der Waals surface area contributed by atoms with Crippen LogP contribution in [0.3, 0.4) is 0 Å². The number of rotatable bonds is 3. The average Bonchev–Trinajstić information content (AvgIpc) is 2.93. The molecule has 5 rings (SSSR count). The first-order chi connectivity index (χ1) is 11.8. The van der Waals surface area contributed by atoms with E-state index >= 15 is 0 Å². The molecule has 1 heterocycles. The fourth-order valence-corrected chi connectivity index (χ4v) is 5.06. The fourth-order valence-electron chi connectivity index (χ4n) is 5.06. The maximum Gasteiger partial charge on any atom is 0.475 e. The molecule has 25 heavy (non-hydrogen) atoms. The molecule has 4 aliphatic rings. The van der Waals surface area contributed by atoms with Gasteiger partial charge in [0.05, 0.1) is 30.7 Å². The molecule has 3 unspecified atom stereocenters. The Bertz CT molecular complexity index is 587. The van der Waals surface area contributed by atoms with E-state index in [1.807, 2.05) is 6.07 Å². The Labute approximate surface area is 156 Å². The van der Waals surface area contributed by atoms with Crippen LogP contribution in [0.15, 0.2) is 30.3 Å². The summed E-state index contributed by atoms with van der Waals surface area (Å²) >= 11 is 4.50. The Morgan fingerprint density at radius 1 is 1.28 bits per heavy atom. The second kappa shape index (κ2) is 7.20. The summed E-state index contributed by atoms with van der Waals surface area (Å²) in [7, 11) is 1.12. The van der Waals surface area contributed by atoms with Crippen molar-refractivity contribution in [2.24, 2.45) is 23.0 Å². The van der Waals surface area contributed by atoms with Crippen molar-refractivity contribution in [3.8, 4) is 0 Å². The van der Waals surface area contributed by atoms with Crippen molar-refractivity contribution < 1.29 is 13.6 Å². The molecular formula is C19H29BClNO3. The van der Waals surface area contributed by atoms with Gasteiger partial charge in [-0.1, -0.05) is 44.2 Å². The first-order valence-corrected chi connectivity index (χ1v) is 9.41. The van der Waals surface area contributed by atoms with Gasteiger partial charge in [-0.2, -0.15) is 0 Å². The second-order valence-corrected chi connectivity index (χ2v) is 8.65. The summed E-state index contributed by atoms with van der Waals surface area (Å²) in [4.78, 5) is 0. The molecule has 1 aliphatic heterocycles. The van der Waals surface area contributed by atoms with E-state index in [9.17, 15) is 0 Å². The van der Waals surface area contributed by atoms with Gasteiger partial charge in [0.1, 0.15) is 0 Å². The minimum absolute atomic E-state index is 0.106. The summed E-state index contributed by atoms with van der Waals surface area (Å²) in [6.45, 7) is 7.01. The highest BCUT2D eigenvalue weighted by Crippen LogP contribution is 2.65. The van der Waals surface area contributed by atoms with Gasteiger partial charge in [-0.25, -0.2) is 0 Å². The molecule has 3 aliphatic carbocycles. The van der Waals surface area contributed by atoms with Gasteiger partial charge in [0, 0.05) is 5.94 Å². The standard InChI is InChI=1S/C18H26BNO2.CH3ClO/c1-17(2)13-10-14(17)18(3)15(11-13)21-19(22-18)16(20)9-12-7-5-4-6-8-12;1-3-2/h4-8,13-16H,9-11,20H2,1-3H3;1H3/t13?,14?,15-,16?,18+;/m1./s1. The summed E-state index contributed by atoms with van der Waals surface area (Å²) in [5, 5.41) is 0. The van der Waals surface area contributed by atoms with Crippen LogP contribution in [0.2, 0.25) is 0 Å². The van der Waals surface area contributed by atoms with E-state index in [0.717, 1.165) is 18.8 Å². The van der Waals surface area contributed by atoms with E-state index in [0.29, 0.717) is 11.3 Å². The van der Waals surface area contributed by atoms with Gasteiger partial charge < -0.3 is 15.0 Å². The topological polar surface area (TPSA) is 53.7 Å². The Balaban J connectivity index is 0.000000569. The maximum absolute atomic E-state index is 6.43. The average molecular weight is 366 g/mol. The van der Waals surface area contributed by atoms with Crippen LogP contribution in [0.4, 0.5) is 0 Å². The third kappa shape index (κ3) is 3.37. The quantitative estimate of drug-likeness (QED) is 0.831. The van der Waals surface area contributed by atoms with Gasteiger partial charge >= 0.3 is 7.12 Å². The lowest BCUT2D eigenvalue weighted by atomic mass is 9.43. The molecular weight excluding hydrogens is 336 g/mol. The van der Waals surface area contributed by atoms with E-state index < -0.39 is 0 Å². The van der Waals surface area contributed by atoms with Gasteiger partial charge in [-0.15, -0.1) is 0 Å². The molecule has 4 nitrogen and oxygen atoms in total. The van der Waals surface area contributed by atoms with Gasteiger partial charge in [-0.3, -0.25) is 4.29 Å². The zero-order chi connectivity index (χ0) is 18.2. The number of benzene rings is 1. The molecule has 5 atom stereocenters. The van der Waals surface area contributed by atoms with Gasteiger partial charge in [0.25, 0.3) is 0 Å². The van der Waals surface area contributed by atoms with Crippen molar-refractivity contribution in [3.05, 3.63) is 35.9 Å². The van der Waals surface area contributed by atoms with Crippen molar-refractivity contribution in [1.29, 1.82) is 0 Å². The highest BCUT2D eigenvalue weighted by Gasteiger charge is 2.68. The van der Waals surface area contributed by atoms with Crippen LogP contribution < -0.4 is 5.73 Å². The summed E-state index contributed by atoms with van der Waals surface area (Å²) in [6.07, 6.45) is 3.42. The van der Waals surface area contributed by atoms with Crippen molar-refractivity contribution >= 4 is 19.0 Å². The lowest BCUT2D eigenvalue weighted by Crippen LogP contribution is -2.65. The van der Waals surface area contributed by atoms with Crippen molar-refractivity contribution in [2.45, 2.75) is 57.7 Å². The zero-order valence-electron chi connectivity index (χ0n) is 15.6. The van der Waals surface area contributed by atoms with E-state index in [1.54, 1.807) is 0 Å².